The molecule has 0 saturated heterocycles. The Morgan fingerprint density at radius 1 is 1.42 bits per heavy atom. The average Bonchev–Trinajstić information content (AvgIpc) is 3.18. The Hall–Kier alpha value is -0.900. The highest BCUT2D eigenvalue weighted by atomic mass is 127. The normalized spacial score (nSPS) is 17.3. The number of hydrogen-bond donors (Lipinski definition) is 2. The van der Waals surface area contributed by atoms with Gasteiger partial charge in [-0.2, -0.15) is 0 Å². The highest BCUT2D eigenvalue weighted by molar-refractivity contribution is 14.0. The summed E-state index contributed by atoms with van der Waals surface area (Å²) in [7, 11) is 1.77. The summed E-state index contributed by atoms with van der Waals surface area (Å²) in [4.78, 5) is 21.4. The van der Waals surface area contributed by atoms with Gasteiger partial charge >= 0.3 is 5.97 Å². The van der Waals surface area contributed by atoms with Gasteiger partial charge < -0.3 is 15.4 Å². The van der Waals surface area contributed by atoms with Crippen molar-refractivity contribution in [2.45, 2.75) is 59.4 Å². The Morgan fingerprint density at radius 2 is 2.08 bits per heavy atom. The molecule has 0 aromatic carbocycles. The van der Waals surface area contributed by atoms with Crippen LogP contribution in [0.1, 0.15) is 72.9 Å². The molecule has 2 N–H and O–H groups in total. The maximum Gasteiger partial charge on any atom is 0.350 e. The van der Waals surface area contributed by atoms with Crippen LogP contribution in [0, 0.1) is 12.3 Å². The van der Waals surface area contributed by atoms with Crippen molar-refractivity contribution in [1.29, 1.82) is 0 Å². The van der Waals surface area contributed by atoms with Crippen LogP contribution in [0.2, 0.25) is 0 Å². The second-order valence-electron chi connectivity index (χ2n) is 7.00. The van der Waals surface area contributed by atoms with E-state index in [2.05, 4.69) is 27.5 Å². The van der Waals surface area contributed by atoms with Gasteiger partial charge in [-0.3, -0.25) is 4.99 Å². The summed E-state index contributed by atoms with van der Waals surface area (Å²) >= 11 is 1.38. The van der Waals surface area contributed by atoms with E-state index in [1.165, 1.54) is 37.0 Å². The van der Waals surface area contributed by atoms with Crippen LogP contribution in [0.5, 0.6) is 0 Å². The van der Waals surface area contributed by atoms with Crippen molar-refractivity contribution in [2.24, 2.45) is 10.4 Å². The third-order valence-corrected chi connectivity index (χ3v) is 6.03. The molecule has 1 aliphatic carbocycles. The topological polar surface area (TPSA) is 75.6 Å². The third-order valence-electron chi connectivity index (χ3n) is 4.71. The van der Waals surface area contributed by atoms with E-state index >= 15 is 0 Å². The van der Waals surface area contributed by atoms with Crippen molar-refractivity contribution in [3.8, 4) is 0 Å². The van der Waals surface area contributed by atoms with E-state index in [4.69, 9.17) is 4.74 Å². The van der Waals surface area contributed by atoms with Crippen molar-refractivity contribution in [1.82, 2.24) is 15.6 Å². The number of carbonyl (C=O) groups excluding carboxylic acids is 1. The first-order chi connectivity index (χ1) is 11.9. The Morgan fingerprint density at radius 3 is 2.65 bits per heavy atom. The zero-order valence-corrected chi connectivity index (χ0v) is 19.5. The monoisotopic (exact) mass is 494 g/mol. The van der Waals surface area contributed by atoms with E-state index in [9.17, 15) is 4.79 Å². The predicted octanol–water partition coefficient (Wildman–Crippen LogP) is 4.05. The zero-order chi connectivity index (χ0) is 18.4. The molecule has 148 valence electrons. The van der Waals surface area contributed by atoms with Crippen LogP contribution in [-0.2, 0) is 4.74 Å². The molecule has 2 rings (SSSR count). The van der Waals surface area contributed by atoms with Crippen LogP contribution >= 0.6 is 35.3 Å². The fourth-order valence-corrected chi connectivity index (χ4v) is 4.12. The van der Waals surface area contributed by atoms with Gasteiger partial charge in [0.05, 0.1) is 18.3 Å². The van der Waals surface area contributed by atoms with Crippen LogP contribution in [-0.4, -0.2) is 37.1 Å². The number of rotatable bonds is 6. The molecule has 26 heavy (non-hydrogen) atoms. The fraction of sp³-hybridized carbons (Fsp3) is 0.722. The Balaban J connectivity index is 0.00000338. The highest BCUT2D eigenvalue weighted by Gasteiger charge is 2.28. The lowest BCUT2D eigenvalue weighted by atomic mass is 9.89. The molecule has 1 heterocycles. The number of halogens is 1. The molecule has 0 bridgehead atoms. The van der Waals surface area contributed by atoms with Gasteiger partial charge in [-0.15, -0.1) is 35.3 Å². The van der Waals surface area contributed by atoms with Crippen molar-refractivity contribution in [3.63, 3.8) is 0 Å². The number of aromatic nitrogens is 1. The number of guanidine groups is 1. The van der Waals surface area contributed by atoms with E-state index in [0.717, 1.165) is 17.5 Å². The fourth-order valence-electron chi connectivity index (χ4n) is 3.15. The molecule has 1 fully saturated rings. The smallest absolute Gasteiger partial charge is 0.350 e. The van der Waals surface area contributed by atoms with Gasteiger partial charge in [-0.05, 0) is 39.0 Å². The number of carbonyl (C=O) groups is 1. The Labute approximate surface area is 177 Å². The lowest BCUT2D eigenvalue weighted by Gasteiger charge is -2.26. The van der Waals surface area contributed by atoms with Gasteiger partial charge in [0, 0.05) is 13.6 Å². The van der Waals surface area contributed by atoms with Gasteiger partial charge in [0.15, 0.2) is 5.96 Å². The standard InChI is InChI=1S/C18H30N4O2S.HI/c1-6-24-16(23)14-12(2)21-15(25-14)13(3)22-17(19-5)20-11-18(4)9-7-8-10-18;/h13H,6-11H2,1-5H3,(H2,19,20,22);1H. The molecule has 1 aliphatic rings. The molecular formula is C18H31IN4O2S. The van der Waals surface area contributed by atoms with Crippen molar-refractivity contribution < 1.29 is 9.53 Å². The molecule has 1 saturated carbocycles. The minimum absolute atomic E-state index is 0. The Bertz CT molecular complexity index is 627. The third kappa shape index (κ3) is 6.07. The second-order valence-corrected chi connectivity index (χ2v) is 8.03. The van der Waals surface area contributed by atoms with E-state index in [1.54, 1.807) is 14.0 Å². The van der Waals surface area contributed by atoms with E-state index in [1.807, 2.05) is 13.8 Å². The summed E-state index contributed by atoms with van der Waals surface area (Å²) < 4.78 is 5.09. The number of hydrogen-bond acceptors (Lipinski definition) is 5. The van der Waals surface area contributed by atoms with Gasteiger partial charge in [0.25, 0.3) is 0 Å². The summed E-state index contributed by atoms with van der Waals surface area (Å²) in [5, 5.41) is 7.67. The largest absolute Gasteiger partial charge is 0.462 e. The maximum atomic E-state index is 12.0. The van der Waals surface area contributed by atoms with Crippen LogP contribution < -0.4 is 10.6 Å². The molecule has 1 unspecified atom stereocenters. The molecule has 8 heteroatoms. The van der Waals surface area contributed by atoms with E-state index in [0.29, 0.717) is 22.6 Å². The zero-order valence-electron chi connectivity index (χ0n) is 16.3. The first-order valence-corrected chi connectivity index (χ1v) is 9.82. The number of ether oxygens (including phenoxy) is 1. The maximum absolute atomic E-state index is 12.0. The van der Waals surface area contributed by atoms with Gasteiger partial charge in [0.1, 0.15) is 9.88 Å². The van der Waals surface area contributed by atoms with Crippen molar-refractivity contribution in [2.75, 3.05) is 20.2 Å². The first-order valence-electron chi connectivity index (χ1n) is 9.00. The minimum Gasteiger partial charge on any atom is -0.462 e. The molecule has 0 spiro atoms. The number of aliphatic imine (C=N–C) groups is 1. The number of nitrogens with zero attached hydrogens (tertiary/aromatic N) is 2. The average molecular weight is 494 g/mol. The lowest BCUT2D eigenvalue weighted by molar-refractivity contribution is 0.0531. The number of aryl methyl sites for hydroxylation is 1. The number of thiazole rings is 1. The summed E-state index contributed by atoms with van der Waals surface area (Å²) in [6.45, 7) is 9.29. The molecule has 0 radical (unpaired) electrons. The molecule has 0 amide bonds. The SMILES string of the molecule is CCOC(=O)c1sc(C(C)NC(=NC)NCC2(C)CCCC2)nc1C.I. The summed E-state index contributed by atoms with van der Waals surface area (Å²) in [5.41, 5.74) is 1.07. The second kappa shape index (κ2) is 10.4. The quantitative estimate of drug-likeness (QED) is 0.270. The van der Waals surface area contributed by atoms with E-state index in [-0.39, 0.29) is 36.0 Å². The van der Waals surface area contributed by atoms with Crippen LogP contribution in [0.15, 0.2) is 4.99 Å². The highest BCUT2D eigenvalue weighted by Crippen LogP contribution is 2.36. The summed E-state index contributed by atoms with van der Waals surface area (Å²) in [6, 6.07) is -0.0329. The molecule has 1 aromatic rings. The molecule has 6 nitrogen and oxygen atoms in total. The van der Waals surface area contributed by atoms with Crippen LogP contribution in [0.4, 0.5) is 0 Å². The lowest BCUT2D eigenvalue weighted by Crippen LogP contribution is -2.43. The minimum atomic E-state index is -0.299. The van der Waals surface area contributed by atoms with Gasteiger partial charge in [-0.1, -0.05) is 19.8 Å². The number of nitrogens with one attached hydrogen (secondary N) is 2. The van der Waals surface area contributed by atoms with Crippen molar-refractivity contribution >= 4 is 47.2 Å². The van der Waals surface area contributed by atoms with E-state index < -0.39 is 0 Å². The number of esters is 1. The summed E-state index contributed by atoms with van der Waals surface area (Å²) in [5.74, 6) is 0.471. The van der Waals surface area contributed by atoms with Crippen LogP contribution in [0.3, 0.4) is 0 Å². The van der Waals surface area contributed by atoms with Gasteiger partial charge in [-0.25, -0.2) is 9.78 Å². The summed E-state index contributed by atoms with van der Waals surface area (Å²) in [6.07, 6.45) is 5.16. The molecule has 0 aliphatic heterocycles. The van der Waals surface area contributed by atoms with Crippen molar-refractivity contribution in [3.05, 3.63) is 15.6 Å². The first kappa shape index (κ1) is 23.1. The van der Waals surface area contributed by atoms with Gasteiger partial charge in [0.2, 0.25) is 0 Å². The molecule has 1 aromatic heterocycles. The molecule has 1 atom stereocenters. The Kier molecular flexibility index (Phi) is 9.29. The van der Waals surface area contributed by atoms with Crippen LogP contribution in [0.25, 0.3) is 0 Å². The predicted molar refractivity (Wildman–Crippen MR) is 118 cm³/mol. The molecular weight excluding hydrogens is 463 g/mol.